The molecule has 2 aromatic carbocycles. The number of urea groups is 1. The maximum absolute atomic E-state index is 13.0. The summed E-state index contributed by atoms with van der Waals surface area (Å²) in [4.78, 5) is 38.7. The van der Waals surface area contributed by atoms with Crippen molar-refractivity contribution in [1.82, 2.24) is 10.2 Å². The van der Waals surface area contributed by atoms with Crippen molar-refractivity contribution in [3.8, 4) is 17.2 Å². The molecule has 0 saturated heterocycles. The standard InChI is InChI=1S/C25H28N2O7/c1-6-33-24(29)22-19(14-34-18-10-7-16(8-11-18)15(2)28)27(3)25(30)26-23(22)17-9-12-20(31-4)21(13-17)32-5/h7-13,23H,6,14H2,1-5H3,(H,26,30). The van der Waals surface area contributed by atoms with Gasteiger partial charge in [0.05, 0.1) is 38.1 Å². The van der Waals surface area contributed by atoms with E-state index in [1.54, 1.807) is 56.4 Å². The Labute approximate surface area is 198 Å². The Kier molecular flexibility index (Phi) is 7.78. The number of hydrogen-bond acceptors (Lipinski definition) is 7. The van der Waals surface area contributed by atoms with Gasteiger partial charge >= 0.3 is 12.0 Å². The predicted octanol–water partition coefficient (Wildman–Crippen LogP) is 3.50. The molecular weight excluding hydrogens is 440 g/mol. The molecule has 34 heavy (non-hydrogen) atoms. The van der Waals surface area contributed by atoms with Gasteiger partial charge in [-0.05, 0) is 55.8 Å². The fraction of sp³-hybridized carbons (Fsp3) is 0.320. The van der Waals surface area contributed by atoms with E-state index in [4.69, 9.17) is 18.9 Å². The molecule has 9 heteroatoms. The third-order valence-corrected chi connectivity index (χ3v) is 5.45. The van der Waals surface area contributed by atoms with Gasteiger partial charge in [-0.3, -0.25) is 9.69 Å². The number of amides is 2. The molecule has 1 heterocycles. The van der Waals surface area contributed by atoms with Crippen LogP contribution in [0.2, 0.25) is 0 Å². The van der Waals surface area contributed by atoms with Gasteiger partial charge in [0.25, 0.3) is 0 Å². The molecule has 0 saturated carbocycles. The molecule has 0 bridgehead atoms. The molecule has 1 aliphatic heterocycles. The quantitative estimate of drug-likeness (QED) is 0.444. The van der Waals surface area contributed by atoms with Crippen molar-refractivity contribution in [3.63, 3.8) is 0 Å². The number of methoxy groups -OCH3 is 2. The molecule has 180 valence electrons. The number of nitrogens with zero attached hydrogens (tertiary/aromatic N) is 1. The minimum Gasteiger partial charge on any atom is -0.493 e. The normalized spacial score (nSPS) is 15.5. The van der Waals surface area contributed by atoms with Crippen LogP contribution in [0.3, 0.4) is 0 Å². The SMILES string of the molecule is CCOC(=O)C1=C(COc2ccc(C(C)=O)cc2)N(C)C(=O)NC1c1ccc(OC)c(OC)c1. The van der Waals surface area contributed by atoms with Crippen LogP contribution in [0, 0.1) is 0 Å². The van der Waals surface area contributed by atoms with Gasteiger partial charge in [0.15, 0.2) is 17.3 Å². The Morgan fingerprint density at radius 3 is 2.29 bits per heavy atom. The van der Waals surface area contributed by atoms with Gasteiger partial charge in [-0.1, -0.05) is 6.07 Å². The maximum atomic E-state index is 13.0. The van der Waals surface area contributed by atoms with Crippen molar-refractivity contribution >= 4 is 17.8 Å². The summed E-state index contributed by atoms with van der Waals surface area (Å²) >= 11 is 0. The van der Waals surface area contributed by atoms with Gasteiger partial charge in [-0.15, -0.1) is 0 Å². The third kappa shape index (κ3) is 5.14. The molecule has 9 nitrogen and oxygen atoms in total. The van der Waals surface area contributed by atoms with Crippen molar-refractivity contribution in [2.24, 2.45) is 0 Å². The van der Waals surface area contributed by atoms with Crippen LogP contribution in [0.5, 0.6) is 17.2 Å². The summed E-state index contributed by atoms with van der Waals surface area (Å²) in [5.41, 5.74) is 1.78. The van der Waals surface area contributed by atoms with Crippen LogP contribution in [0.25, 0.3) is 0 Å². The Hall–Kier alpha value is -4.01. The van der Waals surface area contributed by atoms with Crippen molar-refractivity contribution in [2.45, 2.75) is 19.9 Å². The van der Waals surface area contributed by atoms with Crippen LogP contribution < -0.4 is 19.5 Å². The molecular formula is C25H28N2O7. The minimum atomic E-state index is -0.791. The van der Waals surface area contributed by atoms with E-state index in [9.17, 15) is 14.4 Å². The summed E-state index contributed by atoms with van der Waals surface area (Å²) in [6.07, 6.45) is 0. The number of rotatable bonds is 9. The lowest BCUT2D eigenvalue weighted by Gasteiger charge is -2.34. The summed E-state index contributed by atoms with van der Waals surface area (Å²) in [5.74, 6) is 0.840. The summed E-state index contributed by atoms with van der Waals surface area (Å²) in [6, 6.07) is 10.6. The van der Waals surface area contributed by atoms with Crippen molar-refractivity contribution < 1.29 is 33.3 Å². The number of ketones is 1. The first-order chi connectivity index (χ1) is 16.3. The van der Waals surface area contributed by atoms with E-state index in [1.807, 2.05) is 0 Å². The number of benzene rings is 2. The lowest BCUT2D eigenvalue weighted by atomic mass is 9.94. The number of esters is 1. The van der Waals surface area contributed by atoms with E-state index >= 15 is 0 Å². The number of carbonyl (C=O) groups is 3. The highest BCUT2D eigenvalue weighted by Gasteiger charge is 2.37. The van der Waals surface area contributed by atoms with Gasteiger partial charge < -0.3 is 24.3 Å². The molecule has 1 unspecified atom stereocenters. The fourth-order valence-corrected chi connectivity index (χ4v) is 3.60. The molecule has 0 aliphatic carbocycles. The molecule has 1 aliphatic rings. The summed E-state index contributed by atoms with van der Waals surface area (Å²) in [6.45, 7) is 3.29. The zero-order valence-electron chi connectivity index (χ0n) is 19.8. The Bertz CT molecular complexity index is 1110. The van der Waals surface area contributed by atoms with Crippen LogP contribution >= 0.6 is 0 Å². The monoisotopic (exact) mass is 468 g/mol. The highest BCUT2D eigenvalue weighted by atomic mass is 16.5. The summed E-state index contributed by atoms with van der Waals surface area (Å²) in [7, 11) is 4.59. The van der Waals surface area contributed by atoms with Gasteiger partial charge in [-0.25, -0.2) is 9.59 Å². The Balaban J connectivity index is 2.02. The van der Waals surface area contributed by atoms with Crippen LogP contribution in [0.15, 0.2) is 53.7 Å². The zero-order chi connectivity index (χ0) is 24.8. The maximum Gasteiger partial charge on any atom is 0.338 e. The van der Waals surface area contributed by atoms with Crippen molar-refractivity contribution in [3.05, 3.63) is 64.9 Å². The molecule has 0 aromatic heterocycles. The molecule has 0 fully saturated rings. The van der Waals surface area contributed by atoms with Crippen LogP contribution in [-0.2, 0) is 9.53 Å². The predicted molar refractivity (Wildman–Crippen MR) is 124 cm³/mol. The lowest BCUT2D eigenvalue weighted by molar-refractivity contribution is -0.139. The second-order valence-corrected chi connectivity index (χ2v) is 7.51. The van der Waals surface area contributed by atoms with Gasteiger partial charge in [0.2, 0.25) is 0 Å². The first kappa shape index (κ1) is 24.6. The highest BCUT2D eigenvalue weighted by molar-refractivity contribution is 5.95. The molecule has 1 atom stereocenters. The van der Waals surface area contributed by atoms with E-state index in [2.05, 4.69) is 5.32 Å². The highest BCUT2D eigenvalue weighted by Crippen LogP contribution is 2.36. The Morgan fingerprint density at radius 1 is 1.03 bits per heavy atom. The average molecular weight is 469 g/mol. The number of likely N-dealkylation sites (N-methyl/N-ethyl adjacent to an activating group) is 1. The van der Waals surface area contributed by atoms with Gasteiger partial charge in [0.1, 0.15) is 12.4 Å². The number of nitrogens with one attached hydrogen (secondary N) is 1. The first-order valence-electron chi connectivity index (χ1n) is 10.7. The molecule has 0 spiro atoms. The van der Waals surface area contributed by atoms with Crippen LogP contribution in [0.1, 0.15) is 35.8 Å². The Morgan fingerprint density at radius 2 is 1.71 bits per heavy atom. The molecule has 0 radical (unpaired) electrons. The van der Waals surface area contributed by atoms with E-state index in [1.165, 1.54) is 26.0 Å². The third-order valence-electron chi connectivity index (χ3n) is 5.45. The average Bonchev–Trinajstić information content (AvgIpc) is 2.84. The summed E-state index contributed by atoms with van der Waals surface area (Å²) in [5, 5.41) is 2.85. The second kappa shape index (κ2) is 10.7. The molecule has 2 aromatic rings. The molecule has 2 amide bonds. The second-order valence-electron chi connectivity index (χ2n) is 7.51. The van der Waals surface area contributed by atoms with Gasteiger partial charge in [0, 0.05) is 12.6 Å². The fourth-order valence-electron chi connectivity index (χ4n) is 3.60. The first-order valence-corrected chi connectivity index (χ1v) is 10.7. The largest absolute Gasteiger partial charge is 0.493 e. The zero-order valence-corrected chi connectivity index (χ0v) is 19.8. The number of Topliss-reactive ketones (excluding diaryl/α,β-unsaturated/α-hetero) is 1. The molecule has 3 rings (SSSR count). The van der Waals surface area contributed by atoms with Crippen molar-refractivity contribution in [1.29, 1.82) is 0 Å². The number of ether oxygens (including phenoxy) is 4. The number of carbonyl (C=O) groups excluding carboxylic acids is 3. The lowest BCUT2D eigenvalue weighted by Crippen LogP contribution is -2.48. The van der Waals surface area contributed by atoms with E-state index in [0.29, 0.717) is 34.1 Å². The van der Waals surface area contributed by atoms with Crippen LogP contribution in [-0.4, -0.2) is 57.2 Å². The van der Waals surface area contributed by atoms with Gasteiger partial charge in [-0.2, -0.15) is 0 Å². The minimum absolute atomic E-state index is 0.0553. The topological polar surface area (TPSA) is 103 Å². The number of hydrogen-bond donors (Lipinski definition) is 1. The summed E-state index contributed by atoms with van der Waals surface area (Å²) < 4.78 is 21.9. The van der Waals surface area contributed by atoms with E-state index in [-0.39, 0.29) is 24.6 Å². The van der Waals surface area contributed by atoms with E-state index in [0.717, 1.165) is 0 Å². The smallest absolute Gasteiger partial charge is 0.338 e. The van der Waals surface area contributed by atoms with Crippen molar-refractivity contribution in [2.75, 3.05) is 34.5 Å². The van der Waals surface area contributed by atoms with Crippen LogP contribution in [0.4, 0.5) is 4.79 Å². The molecule has 1 N–H and O–H groups in total. The van der Waals surface area contributed by atoms with E-state index < -0.39 is 18.0 Å².